The first kappa shape index (κ1) is 12.8. The Morgan fingerprint density at radius 2 is 2.18 bits per heavy atom. The second-order valence-electron chi connectivity index (χ2n) is 4.97. The summed E-state index contributed by atoms with van der Waals surface area (Å²) in [5, 5.41) is 0.788. The van der Waals surface area contributed by atoms with Crippen LogP contribution in [0, 0.1) is 5.92 Å². The molecule has 0 N–H and O–H groups in total. The highest BCUT2D eigenvalue weighted by Crippen LogP contribution is 2.22. The molecule has 0 saturated carbocycles. The molecule has 3 heteroatoms. The average molecular weight is 253 g/mol. The van der Waals surface area contributed by atoms with Crippen LogP contribution >= 0.6 is 11.6 Å². The van der Waals surface area contributed by atoms with Crippen LogP contribution in [0.4, 0.5) is 0 Å². The highest BCUT2D eigenvalue weighted by atomic mass is 35.5. The largest absolute Gasteiger partial charge is 0.297 e. The van der Waals surface area contributed by atoms with Crippen LogP contribution in [-0.2, 0) is 6.54 Å². The molecular weight excluding hydrogens is 232 g/mol. The Morgan fingerprint density at radius 1 is 1.41 bits per heavy atom. The van der Waals surface area contributed by atoms with Gasteiger partial charge in [-0.15, -0.1) is 0 Å². The van der Waals surface area contributed by atoms with Crippen molar-refractivity contribution in [3.63, 3.8) is 0 Å². The van der Waals surface area contributed by atoms with Gasteiger partial charge in [0.25, 0.3) is 0 Å². The maximum Gasteiger partial charge on any atom is 0.0558 e. The summed E-state index contributed by atoms with van der Waals surface area (Å²) < 4.78 is 0. The minimum atomic E-state index is 0.788. The summed E-state index contributed by atoms with van der Waals surface area (Å²) in [5.41, 5.74) is 1.09. The molecular formula is C14H21ClN2. The average Bonchev–Trinajstić information content (AvgIpc) is 2.32. The van der Waals surface area contributed by atoms with Gasteiger partial charge in [-0.2, -0.15) is 0 Å². The summed E-state index contributed by atoms with van der Waals surface area (Å²) in [6, 6.07) is 3.80. The monoisotopic (exact) mass is 252 g/mol. The molecule has 0 radical (unpaired) electrons. The van der Waals surface area contributed by atoms with Gasteiger partial charge in [0.05, 0.1) is 5.69 Å². The Labute approximate surface area is 109 Å². The van der Waals surface area contributed by atoms with E-state index < -0.39 is 0 Å². The van der Waals surface area contributed by atoms with Gasteiger partial charge in [-0.1, -0.05) is 31.4 Å². The van der Waals surface area contributed by atoms with E-state index in [4.69, 9.17) is 11.6 Å². The van der Waals surface area contributed by atoms with E-state index in [9.17, 15) is 0 Å². The van der Waals surface area contributed by atoms with Gasteiger partial charge in [0.2, 0.25) is 0 Å². The van der Waals surface area contributed by atoms with E-state index in [0.717, 1.165) is 23.2 Å². The molecule has 1 fully saturated rings. The first-order valence-electron chi connectivity index (χ1n) is 6.60. The number of hydrogen-bond acceptors (Lipinski definition) is 2. The summed E-state index contributed by atoms with van der Waals surface area (Å²) in [4.78, 5) is 6.85. The summed E-state index contributed by atoms with van der Waals surface area (Å²) >= 11 is 5.97. The molecule has 0 aliphatic carbocycles. The number of piperidine rings is 1. The van der Waals surface area contributed by atoms with E-state index in [1.807, 2.05) is 12.1 Å². The summed E-state index contributed by atoms with van der Waals surface area (Å²) in [5.74, 6) is 0.948. The SMILES string of the molecule is CCCC1CCN(Cc2cc(Cl)ccn2)CC1. The maximum atomic E-state index is 5.97. The lowest BCUT2D eigenvalue weighted by Crippen LogP contribution is -2.33. The molecule has 0 unspecified atom stereocenters. The lowest BCUT2D eigenvalue weighted by Gasteiger charge is -2.31. The van der Waals surface area contributed by atoms with Gasteiger partial charge in [-0.3, -0.25) is 9.88 Å². The molecule has 0 aromatic carbocycles. The first-order chi connectivity index (χ1) is 8.28. The van der Waals surface area contributed by atoms with Crippen molar-refractivity contribution >= 4 is 11.6 Å². The minimum absolute atomic E-state index is 0.788. The number of hydrogen-bond donors (Lipinski definition) is 0. The topological polar surface area (TPSA) is 16.1 Å². The molecule has 17 heavy (non-hydrogen) atoms. The lowest BCUT2D eigenvalue weighted by atomic mass is 9.92. The third-order valence-corrected chi connectivity index (χ3v) is 3.80. The molecule has 1 aliphatic rings. The van der Waals surface area contributed by atoms with Gasteiger partial charge in [-0.05, 0) is 44.0 Å². The molecule has 94 valence electrons. The second-order valence-corrected chi connectivity index (χ2v) is 5.41. The van der Waals surface area contributed by atoms with Gasteiger partial charge < -0.3 is 0 Å². The van der Waals surface area contributed by atoms with Crippen LogP contribution in [0.1, 0.15) is 38.3 Å². The Balaban J connectivity index is 1.82. The molecule has 0 spiro atoms. The normalized spacial score (nSPS) is 18.5. The summed E-state index contributed by atoms with van der Waals surface area (Å²) in [6.45, 7) is 5.64. The molecule has 2 heterocycles. The van der Waals surface area contributed by atoms with E-state index in [-0.39, 0.29) is 0 Å². The maximum absolute atomic E-state index is 5.97. The van der Waals surface area contributed by atoms with Crippen LogP contribution in [0.15, 0.2) is 18.3 Å². The Bertz CT molecular complexity index is 346. The lowest BCUT2D eigenvalue weighted by molar-refractivity contribution is 0.170. The fraction of sp³-hybridized carbons (Fsp3) is 0.643. The van der Waals surface area contributed by atoms with Crippen molar-refractivity contribution in [2.24, 2.45) is 5.92 Å². The van der Waals surface area contributed by atoms with Crippen molar-refractivity contribution in [2.45, 2.75) is 39.2 Å². The zero-order valence-electron chi connectivity index (χ0n) is 10.5. The molecule has 1 aliphatic heterocycles. The van der Waals surface area contributed by atoms with Crippen LogP contribution < -0.4 is 0 Å². The third-order valence-electron chi connectivity index (χ3n) is 3.57. The van der Waals surface area contributed by atoms with Crippen molar-refractivity contribution in [1.82, 2.24) is 9.88 Å². The minimum Gasteiger partial charge on any atom is -0.297 e. The molecule has 1 saturated heterocycles. The summed E-state index contributed by atoms with van der Waals surface area (Å²) in [7, 11) is 0. The van der Waals surface area contributed by atoms with Crippen molar-refractivity contribution in [3.8, 4) is 0 Å². The Kier molecular flexibility index (Phi) is 4.81. The zero-order valence-corrected chi connectivity index (χ0v) is 11.3. The fourth-order valence-corrected chi connectivity index (χ4v) is 2.79. The Morgan fingerprint density at radius 3 is 2.82 bits per heavy atom. The van der Waals surface area contributed by atoms with E-state index in [2.05, 4.69) is 16.8 Å². The molecule has 0 bridgehead atoms. The number of halogens is 1. The number of aromatic nitrogens is 1. The second kappa shape index (κ2) is 6.36. The predicted molar refractivity (Wildman–Crippen MR) is 72.2 cm³/mol. The quantitative estimate of drug-likeness (QED) is 0.812. The van der Waals surface area contributed by atoms with Crippen LogP contribution in [0.25, 0.3) is 0 Å². The number of nitrogens with zero attached hydrogens (tertiary/aromatic N) is 2. The number of rotatable bonds is 4. The van der Waals surface area contributed by atoms with Crippen LogP contribution in [-0.4, -0.2) is 23.0 Å². The number of pyridine rings is 1. The third kappa shape index (κ3) is 3.97. The first-order valence-corrected chi connectivity index (χ1v) is 6.98. The summed E-state index contributed by atoms with van der Waals surface area (Å²) in [6.07, 6.45) is 7.19. The highest BCUT2D eigenvalue weighted by Gasteiger charge is 2.18. The number of likely N-dealkylation sites (tertiary alicyclic amines) is 1. The molecule has 0 amide bonds. The molecule has 1 aromatic heterocycles. The molecule has 2 rings (SSSR count). The van der Waals surface area contributed by atoms with Gasteiger partial charge in [0.15, 0.2) is 0 Å². The van der Waals surface area contributed by atoms with Crippen LogP contribution in [0.2, 0.25) is 5.02 Å². The predicted octanol–water partition coefficient (Wildman–Crippen LogP) is 3.75. The fourth-order valence-electron chi connectivity index (χ4n) is 2.61. The molecule has 0 atom stereocenters. The van der Waals surface area contributed by atoms with E-state index in [1.165, 1.54) is 38.8 Å². The van der Waals surface area contributed by atoms with Crippen molar-refractivity contribution in [3.05, 3.63) is 29.0 Å². The molecule has 2 nitrogen and oxygen atoms in total. The van der Waals surface area contributed by atoms with E-state index in [1.54, 1.807) is 6.20 Å². The Hall–Kier alpha value is -0.600. The highest BCUT2D eigenvalue weighted by molar-refractivity contribution is 6.30. The van der Waals surface area contributed by atoms with Crippen molar-refractivity contribution < 1.29 is 0 Å². The standard InChI is InChI=1S/C14H21ClN2/c1-2-3-12-5-8-17(9-6-12)11-14-10-13(15)4-7-16-14/h4,7,10,12H,2-3,5-6,8-9,11H2,1H3. The van der Waals surface area contributed by atoms with Gasteiger partial charge in [0, 0.05) is 17.8 Å². The van der Waals surface area contributed by atoms with Gasteiger partial charge in [-0.25, -0.2) is 0 Å². The molecule has 1 aromatic rings. The van der Waals surface area contributed by atoms with E-state index >= 15 is 0 Å². The smallest absolute Gasteiger partial charge is 0.0558 e. The van der Waals surface area contributed by atoms with Crippen molar-refractivity contribution in [1.29, 1.82) is 0 Å². The van der Waals surface area contributed by atoms with Crippen LogP contribution in [0.5, 0.6) is 0 Å². The van der Waals surface area contributed by atoms with Crippen LogP contribution in [0.3, 0.4) is 0 Å². The van der Waals surface area contributed by atoms with Gasteiger partial charge >= 0.3 is 0 Å². The zero-order chi connectivity index (χ0) is 12.1. The van der Waals surface area contributed by atoms with E-state index in [0.29, 0.717) is 0 Å². The van der Waals surface area contributed by atoms with Gasteiger partial charge in [0.1, 0.15) is 0 Å². The van der Waals surface area contributed by atoms with Crippen molar-refractivity contribution in [2.75, 3.05) is 13.1 Å².